The molecule has 5 atom stereocenters. The molecule has 118 valence electrons. The van der Waals surface area contributed by atoms with Crippen molar-refractivity contribution in [2.45, 2.75) is 30.7 Å². The van der Waals surface area contributed by atoms with E-state index in [0.29, 0.717) is 0 Å². The van der Waals surface area contributed by atoms with Gasteiger partial charge in [-0.2, -0.15) is 0 Å². The van der Waals surface area contributed by atoms with Gasteiger partial charge in [-0.1, -0.05) is 18.2 Å². The molecule has 0 aliphatic carbocycles. The lowest BCUT2D eigenvalue weighted by molar-refractivity contribution is -0.316. The molecule has 1 aliphatic heterocycles. The van der Waals surface area contributed by atoms with E-state index < -0.39 is 37.3 Å². The third-order valence-electron chi connectivity index (χ3n) is 3.30. The molecule has 2 rings (SSSR count). The van der Waals surface area contributed by atoms with E-state index in [1.54, 1.807) is 12.1 Å². The smallest absolute Gasteiger partial charge is 0.208 e. The highest BCUT2D eigenvalue weighted by molar-refractivity contribution is 5.43. The first kappa shape index (κ1) is 16.1. The van der Waals surface area contributed by atoms with Crippen LogP contribution in [0.25, 0.3) is 0 Å². The molecule has 5 N–H and O–H groups in total. The number of rotatable bonds is 5. The molecule has 1 aromatic carbocycles. The molecule has 1 aliphatic rings. The number of anilines is 1. The highest BCUT2D eigenvalue weighted by atomic mass is 16.8. The zero-order valence-corrected chi connectivity index (χ0v) is 11.5. The number of nitrogens with zero attached hydrogens (tertiary/aromatic N) is 1. The van der Waals surface area contributed by atoms with Crippen molar-refractivity contribution >= 4 is 5.69 Å². The van der Waals surface area contributed by atoms with Gasteiger partial charge in [0.1, 0.15) is 24.4 Å². The van der Waals surface area contributed by atoms with Crippen LogP contribution in [0.15, 0.2) is 30.3 Å². The van der Waals surface area contributed by atoms with Crippen LogP contribution in [0.2, 0.25) is 0 Å². The third-order valence-corrected chi connectivity index (χ3v) is 3.30. The summed E-state index contributed by atoms with van der Waals surface area (Å²) in [6.45, 7) is -0.501. The summed E-state index contributed by atoms with van der Waals surface area (Å²) in [4.78, 5) is 5.18. The topological polar surface area (TPSA) is 115 Å². The van der Waals surface area contributed by atoms with E-state index in [4.69, 9.17) is 14.7 Å². The molecular formula is C13H20N2O6. The molecule has 0 radical (unpaired) electrons. The fourth-order valence-electron chi connectivity index (χ4n) is 2.00. The molecule has 1 fully saturated rings. The van der Waals surface area contributed by atoms with Crippen molar-refractivity contribution in [3.05, 3.63) is 30.3 Å². The zero-order valence-electron chi connectivity index (χ0n) is 11.5. The summed E-state index contributed by atoms with van der Waals surface area (Å²) < 4.78 is 5.20. The van der Waals surface area contributed by atoms with E-state index in [2.05, 4.69) is 5.59 Å². The number of para-hydroxylation sites is 1. The van der Waals surface area contributed by atoms with Crippen LogP contribution in [0.5, 0.6) is 0 Å². The number of hydrogen-bond donors (Lipinski definition) is 5. The highest BCUT2D eigenvalue weighted by Crippen LogP contribution is 2.21. The molecule has 8 heteroatoms. The highest BCUT2D eigenvalue weighted by Gasteiger charge is 2.44. The maximum atomic E-state index is 9.80. The van der Waals surface area contributed by atoms with Gasteiger partial charge in [-0.3, -0.25) is 5.01 Å². The van der Waals surface area contributed by atoms with Crippen LogP contribution in [0.4, 0.5) is 5.69 Å². The lowest BCUT2D eigenvalue weighted by Gasteiger charge is -2.39. The minimum absolute atomic E-state index is 0.501. The van der Waals surface area contributed by atoms with Crippen molar-refractivity contribution in [3.63, 3.8) is 0 Å². The van der Waals surface area contributed by atoms with Gasteiger partial charge in [0.15, 0.2) is 0 Å². The Labute approximate surface area is 122 Å². The first-order valence-corrected chi connectivity index (χ1v) is 6.55. The van der Waals surface area contributed by atoms with Crippen LogP contribution >= 0.6 is 0 Å². The molecule has 0 bridgehead atoms. The fourth-order valence-corrected chi connectivity index (χ4v) is 2.00. The number of ether oxygens (including phenoxy) is 1. The van der Waals surface area contributed by atoms with E-state index >= 15 is 0 Å². The Kier molecular flexibility index (Phi) is 5.48. The van der Waals surface area contributed by atoms with Crippen LogP contribution in [-0.2, 0) is 9.57 Å². The average Bonchev–Trinajstić information content (AvgIpc) is 2.52. The molecule has 1 aromatic rings. The van der Waals surface area contributed by atoms with Crippen molar-refractivity contribution in [2.24, 2.45) is 0 Å². The Morgan fingerprint density at radius 3 is 2.43 bits per heavy atom. The van der Waals surface area contributed by atoms with Crippen molar-refractivity contribution in [1.29, 1.82) is 0 Å². The summed E-state index contributed by atoms with van der Waals surface area (Å²) in [6, 6.07) is 9.24. The van der Waals surface area contributed by atoms with Gasteiger partial charge in [-0.05, 0) is 12.1 Å². The van der Waals surface area contributed by atoms with Gasteiger partial charge in [0.2, 0.25) is 6.29 Å². The number of aliphatic hydroxyl groups is 4. The average molecular weight is 300 g/mol. The van der Waals surface area contributed by atoms with Gasteiger partial charge in [0.25, 0.3) is 0 Å². The Balaban J connectivity index is 1.93. The van der Waals surface area contributed by atoms with Crippen LogP contribution in [0.1, 0.15) is 0 Å². The third kappa shape index (κ3) is 3.69. The summed E-state index contributed by atoms with van der Waals surface area (Å²) in [6.07, 6.45) is -6.55. The number of nitrogens with one attached hydrogen (secondary N) is 1. The Bertz CT molecular complexity index is 432. The first-order valence-electron chi connectivity index (χ1n) is 6.55. The summed E-state index contributed by atoms with van der Waals surface area (Å²) in [5, 5.41) is 39.7. The first-order chi connectivity index (χ1) is 10.0. The van der Waals surface area contributed by atoms with Crippen molar-refractivity contribution < 1.29 is 30.0 Å². The van der Waals surface area contributed by atoms with E-state index in [0.717, 1.165) is 5.69 Å². The number of benzene rings is 1. The molecular weight excluding hydrogens is 280 g/mol. The van der Waals surface area contributed by atoms with Crippen molar-refractivity contribution in [3.8, 4) is 0 Å². The summed E-state index contributed by atoms with van der Waals surface area (Å²) in [5.74, 6) is 0. The Hall–Kier alpha value is -1.26. The summed E-state index contributed by atoms with van der Waals surface area (Å²) in [5.41, 5.74) is 3.36. The molecule has 0 amide bonds. The molecule has 8 nitrogen and oxygen atoms in total. The standard InChI is InChI=1S/C13H20N2O6/c1-15(8-5-3-2-4-6-8)14-21-13-12(19)11(18)10(17)9(7-16)20-13/h2-6,9-14,16-19H,7H2,1H3/t9-,10+,11+,12+,13-/m0/s1. The SMILES string of the molecule is CN(NO[C@@H]1O[C@@H](CO)[C@@H](O)[C@@H](O)[C@H]1O)c1ccccc1. The maximum absolute atomic E-state index is 9.80. The second kappa shape index (κ2) is 7.14. The zero-order chi connectivity index (χ0) is 15.4. The van der Waals surface area contributed by atoms with E-state index in [9.17, 15) is 15.3 Å². The molecule has 0 saturated carbocycles. The molecule has 0 unspecified atom stereocenters. The van der Waals surface area contributed by atoms with E-state index in [1.165, 1.54) is 0 Å². The van der Waals surface area contributed by atoms with E-state index in [-0.39, 0.29) is 0 Å². The minimum atomic E-state index is -1.47. The molecule has 0 aromatic heterocycles. The second-order valence-electron chi connectivity index (χ2n) is 4.80. The van der Waals surface area contributed by atoms with Gasteiger partial charge in [-0.25, -0.2) is 4.84 Å². The van der Waals surface area contributed by atoms with Crippen LogP contribution in [0.3, 0.4) is 0 Å². The molecule has 0 spiro atoms. The van der Waals surface area contributed by atoms with Crippen molar-refractivity contribution in [2.75, 3.05) is 18.7 Å². The monoisotopic (exact) mass is 300 g/mol. The van der Waals surface area contributed by atoms with Crippen molar-refractivity contribution in [1.82, 2.24) is 5.59 Å². The van der Waals surface area contributed by atoms with Crippen LogP contribution < -0.4 is 10.6 Å². The minimum Gasteiger partial charge on any atom is -0.394 e. The Morgan fingerprint density at radius 1 is 1.14 bits per heavy atom. The van der Waals surface area contributed by atoms with Gasteiger partial charge >= 0.3 is 0 Å². The number of aliphatic hydroxyl groups excluding tert-OH is 4. The lowest BCUT2D eigenvalue weighted by atomic mass is 9.99. The number of hydrogen-bond acceptors (Lipinski definition) is 8. The maximum Gasteiger partial charge on any atom is 0.208 e. The number of hydrazine groups is 1. The van der Waals surface area contributed by atoms with Gasteiger partial charge < -0.3 is 25.2 Å². The van der Waals surface area contributed by atoms with E-state index in [1.807, 2.05) is 30.3 Å². The van der Waals surface area contributed by atoms with Gasteiger partial charge in [-0.15, -0.1) is 5.59 Å². The van der Waals surface area contributed by atoms with Gasteiger partial charge in [0, 0.05) is 7.05 Å². The summed E-state index contributed by atoms with van der Waals surface area (Å²) >= 11 is 0. The normalized spacial score (nSPS) is 32.9. The predicted molar refractivity (Wildman–Crippen MR) is 72.8 cm³/mol. The summed E-state index contributed by atoms with van der Waals surface area (Å²) in [7, 11) is 1.69. The molecule has 21 heavy (non-hydrogen) atoms. The molecule has 1 heterocycles. The van der Waals surface area contributed by atoms with Gasteiger partial charge in [0.05, 0.1) is 12.3 Å². The van der Waals surface area contributed by atoms with Crippen LogP contribution in [0, 0.1) is 0 Å². The largest absolute Gasteiger partial charge is 0.394 e. The quantitative estimate of drug-likeness (QED) is 0.411. The lowest BCUT2D eigenvalue weighted by Crippen LogP contribution is -2.60. The fraction of sp³-hybridized carbons (Fsp3) is 0.538. The second-order valence-corrected chi connectivity index (χ2v) is 4.80. The molecule has 1 saturated heterocycles. The van der Waals surface area contributed by atoms with Crippen LogP contribution in [-0.4, -0.2) is 64.8 Å². The Morgan fingerprint density at radius 2 is 1.81 bits per heavy atom. The predicted octanol–water partition coefficient (Wildman–Crippen LogP) is -1.64.